The molecule has 1 aliphatic rings. The van der Waals surface area contributed by atoms with Crippen LogP contribution in [0.1, 0.15) is 24.4 Å². The van der Waals surface area contributed by atoms with Crippen molar-refractivity contribution in [2.24, 2.45) is 0 Å². The van der Waals surface area contributed by atoms with Crippen molar-refractivity contribution < 1.29 is 4.74 Å². The van der Waals surface area contributed by atoms with Crippen LogP contribution in [0.4, 0.5) is 0 Å². The van der Waals surface area contributed by atoms with Crippen LogP contribution >= 0.6 is 40.7 Å². The SMILES string of the molecule is C=CCC[C@@H](c1ccc(OC)c(Br)c1)N1CCNCC1.Cl.Cl. The van der Waals surface area contributed by atoms with E-state index in [9.17, 15) is 0 Å². The standard InChI is InChI=1S/C16H23BrN2O.2ClH/c1-3-4-5-15(19-10-8-18-9-11-19)13-6-7-16(20-2)14(17)12-13;;/h3,6-7,12,15,18H,1,4-5,8-11H2,2H3;2*1H/t15-;;/m0../s1. The van der Waals surface area contributed by atoms with Gasteiger partial charge in [-0.1, -0.05) is 12.1 Å². The van der Waals surface area contributed by atoms with E-state index in [2.05, 4.69) is 44.9 Å². The molecule has 0 radical (unpaired) electrons. The summed E-state index contributed by atoms with van der Waals surface area (Å²) in [5, 5.41) is 3.42. The Morgan fingerprint density at radius 2 is 2.05 bits per heavy atom. The highest BCUT2D eigenvalue weighted by Gasteiger charge is 2.22. The van der Waals surface area contributed by atoms with Gasteiger partial charge in [0.1, 0.15) is 5.75 Å². The van der Waals surface area contributed by atoms with Gasteiger partial charge in [0.25, 0.3) is 0 Å². The van der Waals surface area contributed by atoms with E-state index in [-0.39, 0.29) is 24.8 Å². The number of hydrogen-bond donors (Lipinski definition) is 1. The van der Waals surface area contributed by atoms with E-state index in [0.29, 0.717) is 6.04 Å². The molecule has 0 bridgehead atoms. The number of nitrogens with zero attached hydrogens (tertiary/aromatic N) is 1. The third kappa shape index (κ3) is 5.74. The summed E-state index contributed by atoms with van der Waals surface area (Å²) in [5.74, 6) is 0.886. The molecule has 1 aromatic rings. The van der Waals surface area contributed by atoms with Crippen LogP contribution in [0.15, 0.2) is 35.3 Å². The zero-order chi connectivity index (χ0) is 14.4. The summed E-state index contributed by atoms with van der Waals surface area (Å²) in [5.41, 5.74) is 1.35. The van der Waals surface area contributed by atoms with Gasteiger partial charge in [0.2, 0.25) is 0 Å². The largest absolute Gasteiger partial charge is 0.496 e. The summed E-state index contributed by atoms with van der Waals surface area (Å²) < 4.78 is 6.34. The summed E-state index contributed by atoms with van der Waals surface area (Å²) in [6.45, 7) is 8.20. The first kappa shape index (κ1) is 21.7. The first-order chi connectivity index (χ1) is 9.76. The number of allylic oxidation sites excluding steroid dienone is 1. The van der Waals surface area contributed by atoms with Gasteiger partial charge in [-0.25, -0.2) is 0 Å². The van der Waals surface area contributed by atoms with E-state index in [1.807, 2.05) is 12.1 Å². The van der Waals surface area contributed by atoms with Crippen molar-refractivity contribution >= 4 is 40.7 Å². The van der Waals surface area contributed by atoms with E-state index in [0.717, 1.165) is 49.2 Å². The lowest BCUT2D eigenvalue weighted by atomic mass is 9.99. The van der Waals surface area contributed by atoms with Crippen LogP contribution in [0.2, 0.25) is 0 Å². The van der Waals surface area contributed by atoms with Gasteiger partial charge >= 0.3 is 0 Å². The van der Waals surface area contributed by atoms with Crippen molar-refractivity contribution in [3.8, 4) is 5.75 Å². The Balaban J connectivity index is 0.00000220. The lowest BCUT2D eigenvalue weighted by Crippen LogP contribution is -2.45. The third-order valence-electron chi connectivity index (χ3n) is 3.80. The van der Waals surface area contributed by atoms with E-state index < -0.39 is 0 Å². The zero-order valence-corrected chi connectivity index (χ0v) is 16.1. The van der Waals surface area contributed by atoms with E-state index in [1.165, 1.54) is 5.56 Å². The lowest BCUT2D eigenvalue weighted by molar-refractivity contribution is 0.166. The first-order valence-electron chi connectivity index (χ1n) is 7.15. The Morgan fingerprint density at radius 3 is 2.59 bits per heavy atom. The molecule has 126 valence electrons. The predicted octanol–water partition coefficient (Wildman–Crippen LogP) is 4.21. The maximum atomic E-state index is 5.32. The molecule has 1 aliphatic heterocycles. The molecule has 3 nitrogen and oxygen atoms in total. The molecule has 1 aromatic carbocycles. The molecule has 1 heterocycles. The minimum absolute atomic E-state index is 0. The summed E-state index contributed by atoms with van der Waals surface area (Å²) in [4.78, 5) is 2.56. The van der Waals surface area contributed by atoms with E-state index in [1.54, 1.807) is 7.11 Å². The van der Waals surface area contributed by atoms with Crippen molar-refractivity contribution in [2.75, 3.05) is 33.3 Å². The molecule has 0 aromatic heterocycles. The first-order valence-corrected chi connectivity index (χ1v) is 7.94. The van der Waals surface area contributed by atoms with Crippen LogP contribution in [0.25, 0.3) is 0 Å². The summed E-state index contributed by atoms with van der Waals surface area (Å²) >= 11 is 3.59. The molecule has 22 heavy (non-hydrogen) atoms. The number of methoxy groups -OCH3 is 1. The van der Waals surface area contributed by atoms with E-state index >= 15 is 0 Å². The van der Waals surface area contributed by atoms with Crippen LogP contribution in [0, 0.1) is 0 Å². The third-order valence-corrected chi connectivity index (χ3v) is 4.42. The summed E-state index contributed by atoms with van der Waals surface area (Å²) in [6, 6.07) is 6.87. The maximum Gasteiger partial charge on any atom is 0.133 e. The minimum atomic E-state index is 0. The second-order valence-corrected chi connectivity index (χ2v) is 5.92. The molecule has 0 spiro atoms. The Kier molecular flexibility index (Phi) is 11.2. The number of benzene rings is 1. The quantitative estimate of drug-likeness (QED) is 0.709. The van der Waals surface area contributed by atoms with Gasteiger partial charge in [0, 0.05) is 32.2 Å². The van der Waals surface area contributed by atoms with Crippen molar-refractivity contribution in [3.63, 3.8) is 0 Å². The Labute approximate surface area is 154 Å². The monoisotopic (exact) mass is 410 g/mol. The molecule has 1 fully saturated rings. The number of nitrogens with one attached hydrogen (secondary N) is 1. The molecule has 2 rings (SSSR count). The fourth-order valence-corrected chi connectivity index (χ4v) is 3.28. The topological polar surface area (TPSA) is 24.5 Å². The van der Waals surface area contributed by atoms with Crippen LogP contribution < -0.4 is 10.1 Å². The molecule has 0 saturated carbocycles. The minimum Gasteiger partial charge on any atom is -0.496 e. The highest BCUT2D eigenvalue weighted by atomic mass is 79.9. The van der Waals surface area contributed by atoms with Crippen LogP contribution in [0.5, 0.6) is 5.75 Å². The highest BCUT2D eigenvalue weighted by Crippen LogP contribution is 2.32. The number of hydrogen-bond acceptors (Lipinski definition) is 3. The van der Waals surface area contributed by atoms with Gasteiger partial charge in [0.05, 0.1) is 11.6 Å². The fourth-order valence-electron chi connectivity index (χ4n) is 2.72. The van der Waals surface area contributed by atoms with Gasteiger partial charge in [0.15, 0.2) is 0 Å². The number of piperazine rings is 1. The zero-order valence-electron chi connectivity index (χ0n) is 12.9. The van der Waals surface area contributed by atoms with Gasteiger partial charge in [-0.3, -0.25) is 4.90 Å². The number of rotatable bonds is 6. The van der Waals surface area contributed by atoms with Crippen molar-refractivity contribution in [2.45, 2.75) is 18.9 Å². The maximum absolute atomic E-state index is 5.32. The van der Waals surface area contributed by atoms with Gasteiger partial charge in [-0.2, -0.15) is 0 Å². The van der Waals surface area contributed by atoms with Gasteiger partial charge in [-0.05, 0) is 46.5 Å². The molecule has 6 heteroatoms. The molecular formula is C16H25BrCl2N2O. The molecular weight excluding hydrogens is 387 g/mol. The second kappa shape index (κ2) is 11.3. The van der Waals surface area contributed by atoms with Gasteiger partial charge < -0.3 is 10.1 Å². The smallest absolute Gasteiger partial charge is 0.133 e. The Morgan fingerprint density at radius 1 is 1.36 bits per heavy atom. The molecule has 1 atom stereocenters. The highest BCUT2D eigenvalue weighted by molar-refractivity contribution is 9.10. The van der Waals surface area contributed by atoms with Crippen molar-refractivity contribution in [1.82, 2.24) is 10.2 Å². The average Bonchev–Trinajstić information content (AvgIpc) is 2.49. The Hall–Kier alpha value is -0.260. The summed E-state index contributed by atoms with van der Waals surface area (Å²) in [7, 11) is 1.70. The Bertz CT molecular complexity index is 454. The molecule has 0 aliphatic carbocycles. The lowest BCUT2D eigenvalue weighted by Gasteiger charge is -2.35. The number of halogens is 3. The van der Waals surface area contributed by atoms with E-state index in [4.69, 9.17) is 4.74 Å². The van der Waals surface area contributed by atoms with Crippen LogP contribution in [-0.4, -0.2) is 38.2 Å². The predicted molar refractivity (Wildman–Crippen MR) is 102 cm³/mol. The molecule has 1 saturated heterocycles. The normalized spacial score (nSPS) is 16.1. The van der Waals surface area contributed by atoms with Crippen molar-refractivity contribution in [1.29, 1.82) is 0 Å². The van der Waals surface area contributed by atoms with Crippen LogP contribution in [0.3, 0.4) is 0 Å². The number of ether oxygens (including phenoxy) is 1. The molecule has 0 unspecified atom stereocenters. The molecule has 1 N–H and O–H groups in total. The fraction of sp³-hybridized carbons (Fsp3) is 0.500. The average molecular weight is 412 g/mol. The summed E-state index contributed by atoms with van der Waals surface area (Å²) in [6.07, 6.45) is 4.16. The second-order valence-electron chi connectivity index (χ2n) is 5.06. The van der Waals surface area contributed by atoms with Crippen LogP contribution in [-0.2, 0) is 0 Å². The van der Waals surface area contributed by atoms with Gasteiger partial charge in [-0.15, -0.1) is 31.4 Å². The van der Waals surface area contributed by atoms with Crippen molar-refractivity contribution in [3.05, 3.63) is 40.9 Å². The molecule has 0 amide bonds.